The van der Waals surface area contributed by atoms with Gasteiger partial charge in [0.15, 0.2) is 0 Å². The zero-order chi connectivity index (χ0) is 17.0. The third-order valence-corrected chi connectivity index (χ3v) is 3.39. The second-order valence-electron chi connectivity index (χ2n) is 6.36. The molecule has 5 nitrogen and oxygen atoms in total. The van der Waals surface area contributed by atoms with E-state index in [1.165, 1.54) is 0 Å². The Labute approximate surface area is 141 Å². The van der Waals surface area contributed by atoms with Crippen molar-refractivity contribution in [3.05, 3.63) is 46.3 Å². The second-order valence-corrected chi connectivity index (χ2v) is 6.77. The molecule has 0 bridgehead atoms. The zero-order valence-electron chi connectivity index (χ0n) is 13.8. The van der Waals surface area contributed by atoms with Crippen molar-refractivity contribution in [1.29, 1.82) is 0 Å². The number of hydrogen-bond donors (Lipinski definition) is 1. The number of rotatable bonds is 4. The molecule has 0 spiro atoms. The standard InChI is InChI=1S/C17H21ClN2O3/c1-11-9-14(20-23-11)6-5-12-10-13(7-8-15(12)18)19-16(21)22-17(2,3)4/h7-10H,5-6H2,1-4H3,(H,19,21). The second kappa shape index (κ2) is 7.04. The predicted octanol–water partition coefficient (Wildman–Crippen LogP) is 4.77. The van der Waals surface area contributed by atoms with Gasteiger partial charge in [0, 0.05) is 16.8 Å². The van der Waals surface area contributed by atoms with Gasteiger partial charge < -0.3 is 9.26 Å². The number of amides is 1. The van der Waals surface area contributed by atoms with Gasteiger partial charge in [0.05, 0.1) is 5.69 Å². The molecule has 0 aliphatic carbocycles. The highest BCUT2D eigenvalue weighted by atomic mass is 35.5. The molecule has 0 fully saturated rings. The van der Waals surface area contributed by atoms with Crippen LogP contribution in [0, 0.1) is 6.92 Å². The first-order chi connectivity index (χ1) is 10.7. The molecule has 124 valence electrons. The molecule has 1 heterocycles. The van der Waals surface area contributed by atoms with Gasteiger partial charge in [-0.1, -0.05) is 16.8 Å². The molecule has 0 saturated carbocycles. The Morgan fingerprint density at radius 1 is 1.30 bits per heavy atom. The maximum Gasteiger partial charge on any atom is 0.412 e. The highest BCUT2D eigenvalue weighted by Crippen LogP contribution is 2.23. The number of carbonyl (C=O) groups excluding carboxylic acids is 1. The van der Waals surface area contributed by atoms with E-state index in [0.717, 1.165) is 17.0 Å². The molecule has 1 aromatic carbocycles. The third kappa shape index (κ3) is 5.60. The molecule has 0 saturated heterocycles. The van der Waals surface area contributed by atoms with Crippen LogP contribution in [0.2, 0.25) is 5.02 Å². The van der Waals surface area contributed by atoms with Gasteiger partial charge in [-0.25, -0.2) is 4.79 Å². The number of benzene rings is 1. The highest BCUT2D eigenvalue weighted by molar-refractivity contribution is 6.31. The zero-order valence-corrected chi connectivity index (χ0v) is 14.5. The van der Waals surface area contributed by atoms with E-state index >= 15 is 0 Å². The largest absolute Gasteiger partial charge is 0.444 e. The Morgan fingerprint density at radius 2 is 2.04 bits per heavy atom. The molecular formula is C17H21ClN2O3. The summed E-state index contributed by atoms with van der Waals surface area (Å²) in [4.78, 5) is 11.8. The van der Waals surface area contributed by atoms with Gasteiger partial charge >= 0.3 is 6.09 Å². The minimum atomic E-state index is -0.538. The Kier molecular flexibility index (Phi) is 5.31. The Bertz CT molecular complexity index is 689. The van der Waals surface area contributed by atoms with Crippen molar-refractivity contribution < 1.29 is 14.1 Å². The lowest BCUT2D eigenvalue weighted by Crippen LogP contribution is -2.27. The lowest BCUT2D eigenvalue weighted by molar-refractivity contribution is 0.0636. The highest BCUT2D eigenvalue weighted by Gasteiger charge is 2.16. The van der Waals surface area contributed by atoms with E-state index < -0.39 is 11.7 Å². The molecule has 1 aromatic heterocycles. The molecule has 0 radical (unpaired) electrons. The number of nitrogens with one attached hydrogen (secondary N) is 1. The van der Waals surface area contributed by atoms with E-state index in [-0.39, 0.29) is 0 Å². The quantitative estimate of drug-likeness (QED) is 0.873. The molecule has 1 N–H and O–H groups in total. The molecule has 23 heavy (non-hydrogen) atoms. The van der Waals surface area contributed by atoms with Crippen LogP contribution in [-0.2, 0) is 17.6 Å². The number of anilines is 1. The Morgan fingerprint density at radius 3 is 2.65 bits per heavy atom. The number of halogens is 1. The van der Waals surface area contributed by atoms with Crippen molar-refractivity contribution in [2.45, 2.75) is 46.1 Å². The molecular weight excluding hydrogens is 316 g/mol. The first kappa shape index (κ1) is 17.3. The fourth-order valence-corrected chi connectivity index (χ4v) is 2.28. The number of aromatic nitrogens is 1. The van der Waals surface area contributed by atoms with Crippen LogP contribution in [0.1, 0.15) is 37.8 Å². The minimum Gasteiger partial charge on any atom is -0.444 e. The summed E-state index contributed by atoms with van der Waals surface area (Å²) in [7, 11) is 0. The van der Waals surface area contributed by atoms with Crippen LogP contribution in [0.3, 0.4) is 0 Å². The van der Waals surface area contributed by atoms with Crippen LogP contribution < -0.4 is 5.32 Å². The summed E-state index contributed by atoms with van der Waals surface area (Å²) in [6.45, 7) is 7.31. The van der Waals surface area contributed by atoms with Gasteiger partial charge in [-0.05, 0) is 64.3 Å². The Hall–Kier alpha value is -2.01. The summed E-state index contributed by atoms with van der Waals surface area (Å²) in [5, 5.41) is 7.33. The van der Waals surface area contributed by atoms with Crippen molar-refractivity contribution in [2.75, 3.05) is 5.32 Å². The predicted molar refractivity (Wildman–Crippen MR) is 90.0 cm³/mol. The van der Waals surface area contributed by atoms with E-state index in [9.17, 15) is 4.79 Å². The summed E-state index contributed by atoms with van der Waals surface area (Å²) in [6.07, 6.45) is 0.930. The topological polar surface area (TPSA) is 64.4 Å². The first-order valence-corrected chi connectivity index (χ1v) is 7.81. The van der Waals surface area contributed by atoms with Crippen molar-refractivity contribution in [1.82, 2.24) is 5.16 Å². The summed E-state index contributed by atoms with van der Waals surface area (Å²) < 4.78 is 10.3. The van der Waals surface area contributed by atoms with Gasteiger partial charge in [-0.15, -0.1) is 0 Å². The normalized spacial score (nSPS) is 11.3. The van der Waals surface area contributed by atoms with Crippen molar-refractivity contribution in [2.24, 2.45) is 0 Å². The number of aryl methyl sites for hydroxylation is 3. The average Bonchev–Trinajstić information content (AvgIpc) is 2.83. The molecule has 0 atom stereocenters. The van der Waals surface area contributed by atoms with E-state index in [2.05, 4.69) is 10.5 Å². The van der Waals surface area contributed by atoms with Crippen LogP contribution in [0.15, 0.2) is 28.8 Å². The van der Waals surface area contributed by atoms with Gasteiger partial charge in [0.25, 0.3) is 0 Å². The summed E-state index contributed by atoms with van der Waals surface area (Å²) in [5.74, 6) is 0.784. The SMILES string of the molecule is Cc1cc(CCc2cc(NC(=O)OC(C)(C)C)ccc2Cl)no1. The van der Waals surface area contributed by atoms with Crippen LogP contribution in [0.4, 0.5) is 10.5 Å². The first-order valence-electron chi connectivity index (χ1n) is 7.43. The van der Waals surface area contributed by atoms with Crippen molar-refractivity contribution in [3.8, 4) is 0 Å². The number of ether oxygens (including phenoxy) is 1. The van der Waals surface area contributed by atoms with Crippen molar-refractivity contribution in [3.63, 3.8) is 0 Å². The van der Waals surface area contributed by atoms with Gasteiger partial charge in [0.1, 0.15) is 11.4 Å². The molecule has 6 heteroatoms. The molecule has 2 rings (SSSR count). The number of carbonyl (C=O) groups is 1. The van der Waals surface area contributed by atoms with E-state index in [1.807, 2.05) is 39.8 Å². The fraction of sp³-hybridized carbons (Fsp3) is 0.412. The van der Waals surface area contributed by atoms with Crippen LogP contribution in [0.5, 0.6) is 0 Å². The Balaban J connectivity index is 2.02. The van der Waals surface area contributed by atoms with Gasteiger partial charge in [0.2, 0.25) is 0 Å². The van der Waals surface area contributed by atoms with Crippen LogP contribution >= 0.6 is 11.6 Å². The molecule has 2 aromatic rings. The van der Waals surface area contributed by atoms with Gasteiger partial charge in [-0.3, -0.25) is 5.32 Å². The average molecular weight is 337 g/mol. The molecule has 1 amide bonds. The number of nitrogens with zero attached hydrogens (tertiary/aromatic N) is 1. The summed E-state index contributed by atoms with van der Waals surface area (Å²) >= 11 is 6.22. The maximum atomic E-state index is 11.8. The smallest absolute Gasteiger partial charge is 0.412 e. The summed E-state index contributed by atoms with van der Waals surface area (Å²) in [5.41, 5.74) is 1.92. The van der Waals surface area contributed by atoms with Gasteiger partial charge in [-0.2, -0.15) is 0 Å². The fourth-order valence-electron chi connectivity index (χ4n) is 2.06. The molecule has 0 unspecified atom stereocenters. The lowest BCUT2D eigenvalue weighted by Gasteiger charge is -2.20. The lowest BCUT2D eigenvalue weighted by atomic mass is 10.1. The molecule has 0 aliphatic rings. The van der Waals surface area contributed by atoms with Crippen molar-refractivity contribution >= 4 is 23.4 Å². The third-order valence-electron chi connectivity index (χ3n) is 3.02. The van der Waals surface area contributed by atoms with E-state index in [1.54, 1.807) is 12.1 Å². The van der Waals surface area contributed by atoms with E-state index in [4.69, 9.17) is 20.9 Å². The maximum absolute atomic E-state index is 11.8. The summed E-state index contributed by atoms with van der Waals surface area (Å²) in [6, 6.07) is 7.25. The van der Waals surface area contributed by atoms with Crippen LogP contribution in [-0.4, -0.2) is 16.9 Å². The van der Waals surface area contributed by atoms with E-state index in [0.29, 0.717) is 23.6 Å². The minimum absolute atomic E-state index is 0.488. The monoisotopic (exact) mass is 336 g/mol. The van der Waals surface area contributed by atoms with Crippen LogP contribution in [0.25, 0.3) is 0 Å². The molecule has 0 aliphatic heterocycles. The number of hydrogen-bond acceptors (Lipinski definition) is 4.